The number of rotatable bonds is 15. The van der Waals surface area contributed by atoms with Gasteiger partial charge in [0, 0.05) is 23.5 Å². The summed E-state index contributed by atoms with van der Waals surface area (Å²) < 4.78 is 0. The number of carboxylic acids is 1. The minimum atomic E-state index is -1.18. The van der Waals surface area contributed by atoms with Crippen molar-refractivity contribution in [3.05, 3.63) is 65.9 Å². The number of fused-ring (bicyclic) bond motifs is 1. The topological polar surface area (TPSA) is 213 Å². The van der Waals surface area contributed by atoms with Gasteiger partial charge < -0.3 is 42.6 Å². The van der Waals surface area contributed by atoms with Crippen LogP contribution in [0.2, 0.25) is 0 Å². The van der Waals surface area contributed by atoms with Gasteiger partial charge in [0.25, 0.3) is 0 Å². The highest BCUT2D eigenvalue weighted by Crippen LogP contribution is 2.19. The van der Waals surface area contributed by atoms with E-state index in [4.69, 9.17) is 11.5 Å². The molecule has 0 aliphatic heterocycles. The molecule has 0 aliphatic carbocycles. The molecule has 220 valence electrons. The molecule has 1 heterocycles. The van der Waals surface area contributed by atoms with E-state index in [9.17, 15) is 29.4 Å². The standard InChI is InChI=1S/C29H38N6O6/c1-17(33-27(38)22(31)14-18-9-11-20(36)12-10-18)26(37)35-25(15-19-16-32-23-7-3-2-6-21(19)23)28(39)34-24(29(40)41)8-4-5-13-30/h2-3,6-7,9-12,16-17,22,24-25,32,36H,4-5,8,13-15,30-31H2,1H3,(H,33,38)(H,34,39)(H,35,37)(H,40,41). The molecule has 12 nitrogen and oxygen atoms in total. The van der Waals surface area contributed by atoms with Gasteiger partial charge in [0.05, 0.1) is 6.04 Å². The lowest BCUT2D eigenvalue weighted by Crippen LogP contribution is -2.57. The fraction of sp³-hybridized carbons (Fsp3) is 0.379. The Bertz CT molecular complexity index is 1340. The Balaban J connectivity index is 1.70. The average molecular weight is 567 g/mol. The lowest BCUT2D eigenvalue weighted by molar-refractivity contribution is -0.142. The number of aromatic hydroxyl groups is 1. The zero-order chi connectivity index (χ0) is 29.9. The van der Waals surface area contributed by atoms with E-state index in [0.29, 0.717) is 19.4 Å². The maximum absolute atomic E-state index is 13.3. The number of para-hydroxylation sites is 1. The number of carboxylic acid groups (broad SMARTS) is 1. The highest BCUT2D eigenvalue weighted by molar-refractivity contribution is 5.94. The van der Waals surface area contributed by atoms with E-state index >= 15 is 0 Å². The summed E-state index contributed by atoms with van der Waals surface area (Å²) in [6.07, 6.45) is 3.32. The van der Waals surface area contributed by atoms with Gasteiger partial charge in [0.15, 0.2) is 0 Å². The van der Waals surface area contributed by atoms with Crippen molar-refractivity contribution in [2.45, 2.75) is 63.2 Å². The maximum Gasteiger partial charge on any atom is 0.326 e. The van der Waals surface area contributed by atoms with Crippen molar-refractivity contribution in [1.29, 1.82) is 0 Å². The molecule has 0 saturated heterocycles. The lowest BCUT2D eigenvalue weighted by atomic mass is 10.0. The van der Waals surface area contributed by atoms with Gasteiger partial charge in [-0.25, -0.2) is 4.79 Å². The van der Waals surface area contributed by atoms with Crippen molar-refractivity contribution in [2.24, 2.45) is 11.5 Å². The van der Waals surface area contributed by atoms with Crippen LogP contribution in [0.3, 0.4) is 0 Å². The van der Waals surface area contributed by atoms with E-state index in [-0.39, 0.29) is 25.0 Å². The smallest absolute Gasteiger partial charge is 0.326 e. The number of aliphatic carboxylic acids is 1. The number of carbonyl (C=O) groups is 4. The molecule has 12 heteroatoms. The third-order valence-electron chi connectivity index (χ3n) is 6.77. The number of amides is 3. The monoisotopic (exact) mass is 566 g/mol. The fourth-order valence-corrected chi connectivity index (χ4v) is 4.41. The Morgan fingerprint density at radius 3 is 2.24 bits per heavy atom. The molecule has 2 aromatic carbocycles. The molecule has 3 aromatic rings. The zero-order valence-corrected chi connectivity index (χ0v) is 22.9. The Labute approximate surface area is 237 Å². The normalized spacial score (nSPS) is 14.0. The molecule has 10 N–H and O–H groups in total. The summed E-state index contributed by atoms with van der Waals surface area (Å²) in [7, 11) is 0. The van der Waals surface area contributed by atoms with Gasteiger partial charge in [0.1, 0.15) is 23.9 Å². The van der Waals surface area contributed by atoms with Crippen molar-refractivity contribution < 1.29 is 29.4 Å². The number of aromatic nitrogens is 1. The third-order valence-corrected chi connectivity index (χ3v) is 6.77. The van der Waals surface area contributed by atoms with Crippen molar-refractivity contribution >= 4 is 34.6 Å². The number of aromatic amines is 1. The van der Waals surface area contributed by atoms with Crippen LogP contribution < -0.4 is 27.4 Å². The van der Waals surface area contributed by atoms with Gasteiger partial charge >= 0.3 is 5.97 Å². The van der Waals surface area contributed by atoms with Crippen molar-refractivity contribution in [1.82, 2.24) is 20.9 Å². The number of nitrogens with two attached hydrogens (primary N) is 2. The van der Waals surface area contributed by atoms with E-state index < -0.39 is 47.9 Å². The van der Waals surface area contributed by atoms with Gasteiger partial charge in [-0.2, -0.15) is 0 Å². The second kappa shape index (κ2) is 14.8. The van der Waals surface area contributed by atoms with Crippen LogP contribution in [-0.2, 0) is 32.0 Å². The number of phenols is 1. The number of unbranched alkanes of at least 4 members (excludes halogenated alkanes) is 1. The molecule has 3 rings (SSSR count). The molecule has 41 heavy (non-hydrogen) atoms. The molecule has 0 fully saturated rings. The van der Waals surface area contributed by atoms with E-state index in [1.54, 1.807) is 18.3 Å². The number of carbonyl (C=O) groups excluding carboxylic acids is 3. The molecule has 0 saturated carbocycles. The van der Waals surface area contributed by atoms with E-state index in [1.165, 1.54) is 19.1 Å². The zero-order valence-electron chi connectivity index (χ0n) is 22.9. The van der Waals surface area contributed by atoms with Crippen LogP contribution in [0.4, 0.5) is 0 Å². The second-order valence-electron chi connectivity index (χ2n) is 10.0. The Morgan fingerprint density at radius 2 is 1.56 bits per heavy atom. The quantitative estimate of drug-likeness (QED) is 0.122. The lowest BCUT2D eigenvalue weighted by Gasteiger charge is -2.24. The van der Waals surface area contributed by atoms with Crippen LogP contribution in [0.5, 0.6) is 5.75 Å². The highest BCUT2D eigenvalue weighted by Gasteiger charge is 2.29. The number of hydrogen-bond donors (Lipinski definition) is 8. The number of H-pyrrole nitrogens is 1. The predicted molar refractivity (Wildman–Crippen MR) is 154 cm³/mol. The maximum atomic E-state index is 13.3. The van der Waals surface area contributed by atoms with Gasteiger partial charge in [0.2, 0.25) is 17.7 Å². The van der Waals surface area contributed by atoms with Crippen molar-refractivity contribution in [3.8, 4) is 5.75 Å². The number of nitrogens with one attached hydrogen (secondary N) is 4. The minimum absolute atomic E-state index is 0.0811. The summed E-state index contributed by atoms with van der Waals surface area (Å²) in [5, 5.41) is 27.7. The molecule has 4 unspecified atom stereocenters. The van der Waals surface area contributed by atoms with E-state index in [1.807, 2.05) is 24.3 Å². The molecule has 0 bridgehead atoms. The first-order valence-corrected chi connectivity index (χ1v) is 13.5. The first-order chi connectivity index (χ1) is 19.6. The first kappa shape index (κ1) is 31.1. The Kier molecular flexibility index (Phi) is 11.2. The largest absolute Gasteiger partial charge is 0.508 e. The summed E-state index contributed by atoms with van der Waals surface area (Å²) in [5.41, 5.74) is 13.9. The number of benzene rings is 2. The predicted octanol–water partition coefficient (Wildman–Crippen LogP) is 0.674. The van der Waals surface area contributed by atoms with Crippen LogP contribution >= 0.6 is 0 Å². The summed E-state index contributed by atoms with van der Waals surface area (Å²) >= 11 is 0. The van der Waals surface area contributed by atoms with Crippen LogP contribution in [-0.4, -0.2) is 69.6 Å². The molecule has 4 atom stereocenters. The molecular formula is C29H38N6O6. The molecule has 0 radical (unpaired) electrons. The fourth-order valence-electron chi connectivity index (χ4n) is 4.41. The third kappa shape index (κ3) is 9.05. The van der Waals surface area contributed by atoms with Crippen molar-refractivity contribution in [2.75, 3.05) is 6.54 Å². The number of phenolic OH excluding ortho intramolecular Hbond substituents is 1. The summed E-state index contributed by atoms with van der Waals surface area (Å²) in [5.74, 6) is -2.95. The van der Waals surface area contributed by atoms with E-state index in [2.05, 4.69) is 20.9 Å². The second-order valence-corrected chi connectivity index (χ2v) is 10.0. The molecule has 0 spiro atoms. The Morgan fingerprint density at radius 1 is 0.878 bits per heavy atom. The van der Waals surface area contributed by atoms with Gasteiger partial charge in [-0.05, 0) is 68.5 Å². The van der Waals surface area contributed by atoms with Crippen molar-refractivity contribution in [3.63, 3.8) is 0 Å². The van der Waals surface area contributed by atoms with Gasteiger partial charge in [-0.15, -0.1) is 0 Å². The van der Waals surface area contributed by atoms with Gasteiger partial charge in [-0.3, -0.25) is 14.4 Å². The highest BCUT2D eigenvalue weighted by atomic mass is 16.4. The van der Waals surface area contributed by atoms with Crippen LogP contribution in [0.15, 0.2) is 54.7 Å². The molecule has 3 amide bonds. The SMILES string of the molecule is CC(NC(=O)C(N)Cc1ccc(O)cc1)C(=O)NC(Cc1c[nH]c2ccccc12)C(=O)NC(CCCCN)C(=O)O. The van der Waals surface area contributed by atoms with Gasteiger partial charge in [-0.1, -0.05) is 30.3 Å². The summed E-state index contributed by atoms with van der Waals surface area (Å²) in [6, 6.07) is 9.48. The molecular weight excluding hydrogens is 528 g/mol. The van der Waals surface area contributed by atoms with Crippen LogP contribution in [0.25, 0.3) is 10.9 Å². The average Bonchev–Trinajstić information content (AvgIpc) is 3.35. The number of hydrogen-bond acceptors (Lipinski definition) is 7. The molecule has 1 aromatic heterocycles. The first-order valence-electron chi connectivity index (χ1n) is 13.5. The molecule has 0 aliphatic rings. The Hall–Kier alpha value is -4.42. The summed E-state index contributed by atoms with van der Waals surface area (Å²) in [6.45, 7) is 1.87. The summed E-state index contributed by atoms with van der Waals surface area (Å²) in [4.78, 5) is 54.0. The van der Waals surface area contributed by atoms with E-state index in [0.717, 1.165) is 22.0 Å². The minimum Gasteiger partial charge on any atom is -0.508 e. The van der Waals surface area contributed by atoms with Crippen LogP contribution in [0.1, 0.15) is 37.3 Å². The van der Waals surface area contributed by atoms with Crippen LogP contribution in [0, 0.1) is 0 Å².